The van der Waals surface area contributed by atoms with Gasteiger partial charge in [-0.15, -0.1) is 11.8 Å². The summed E-state index contributed by atoms with van der Waals surface area (Å²) < 4.78 is 10.4. The highest BCUT2D eigenvalue weighted by Gasteiger charge is 2.47. The molecule has 0 bridgehead atoms. The Balaban J connectivity index is 2.09. The van der Waals surface area contributed by atoms with Gasteiger partial charge in [0, 0.05) is 9.82 Å². The third-order valence-electron chi connectivity index (χ3n) is 4.66. The molecule has 0 radical (unpaired) electrons. The number of carbonyl (C=O) groups excluding carboxylic acids is 1. The van der Waals surface area contributed by atoms with E-state index in [2.05, 4.69) is 0 Å². The van der Waals surface area contributed by atoms with Crippen LogP contribution in [0.2, 0.25) is 0 Å². The van der Waals surface area contributed by atoms with Crippen molar-refractivity contribution in [1.29, 1.82) is 0 Å². The average molecular weight is 387 g/mol. The minimum absolute atomic E-state index is 0.0381. The molecule has 3 atom stereocenters. The van der Waals surface area contributed by atoms with E-state index in [0.717, 1.165) is 16.0 Å². The summed E-state index contributed by atoms with van der Waals surface area (Å²) in [5.41, 5.74) is 1.64. The van der Waals surface area contributed by atoms with Gasteiger partial charge < -0.3 is 9.47 Å². The second-order valence-corrected chi connectivity index (χ2v) is 7.43. The molecule has 0 unspecified atom stereocenters. The fourth-order valence-corrected chi connectivity index (χ4v) is 4.94. The molecule has 3 rings (SSSR count). The lowest BCUT2D eigenvalue weighted by Crippen LogP contribution is -2.37. The highest BCUT2D eigenvalue weighted by Crippen LogP contribution is 2.52. The van der Waals surface area contributed by atoms with Crippen molar-refractivity contribution in [2.75, 3.05) is 13.7 Å². The second-order valence-electron chi connectivity index (χ2n) is 6.24. The second kappa shape index (κ2) is 8.43. The Bertz CT molecular complexity index is 826. The van der Waals surface area contributed by atoms with Crippen LogP contribution in [0.25, 0.3) is 0 Å². The molecule has 0 saturated heterocycles. The Kier molecular flexibility index (Phi) is 6.01. The number of thioether (sulfide) groups is 1. The van der Waals surface area contributed by atoms with Gasteiger partial charge in [0.2, 0.25) is 6.04 Å². The van der Waals surface area contributed by atoms with E-state index in [1.54, 1.807) is 20.1 Å². The molecule has 0 fully saturated rings. The van der Waals surface area contributed by atoms with E-state index in [9.17, 15) is 14.9 Å². The van der Waals surface area contributed by atoms with Crippen LogP contribution >= 0.6 is 11.8 Å². The van der Waals surface area contributed by atoms with Gasteiger partial charge in [-0.3, -0.25) is 14.9 Å². The maximum atomic E-state index is 12.2. The highest BCUT2D eigenvalue weighted by atomic mass is 32.2. The van der Waals surface area contributed by atoms with E-state index in [-0.39, 0.29) is 23.2 Å². The number of fused-ring (bicyclic) bond motifs is 1. The van der Waals surface area contributed by atoms with Crippen molar-refractivity contribution in [2.24, 2.45) is 0 Å². The molecule has 2 aromatic rings. The van der Waals surface area contributed by atoms with Crippen molar-refractivity contribution in [3.05, 3.63) is 69.8 Å². The van der Waals surface area contributed by atoms with Crippen LogP contribution in [-0.4, -0.2) is 30.7 Å². The Labute approximate surface area is 162 Å². The number of hydrogen-bond donors (Lipinski definition) is 0. The van der Waals surface area contributed by atoms with Gasteiger partial charge in [0.1, 0.15) is 11.0 Å². The first-order chi connectivity index (χ1) is 13.0. The summed E-state index contributed by atoms with van der Waals surface area (Å²) in [6, 6.07) is 14.0. The van der Waals surface area contributed by atoms with Gasteiger partial charge in [0.25, 0.3) is 0 Å². The molecule has 0 N–H and O–H groups in total. The van der Waals surface area contributed by atoms with Crippen molar-refractivity contribution in [1.82, 2.24) is 0 Å². The number of hydrogen-bond acceptors (Lipinski definition) is 6. The van der Waals surface area contributed by atoms with Crippen molar-refractivity contribution >= 4 is 17.7 Å². The molecule has 142 valence electrons. The lowest BCUT2D eigenvalue weighted by atomic mass is 9.84. The first-order valence-electron chi connectivity index (χ1n) is 8.73. The summed E-state index contributed by atoms with van der Waals surface area (Å²) in [4.78, 5) is 24.9. The summed E-state index contributed by atoms with van der Waals surface area (Å²) in [5.74, 6) is -0.402. The molecule has 0 saturated carbocycles. The summed E-state index contributed by atoms with van der Waals surface area (Å²) in [6.07, 6.45) is -0.0381. The van der Waals surface area contributed by atoms with E-state index < -0.39 is 17.9 Å². The molecular weight excluding hydrogens is 366 g/mol. The minimum Gasteiger partial charge on any atom is -0.497 e. The maximum absolute atomic E-state index is 12.2. The zero-order valence-electron chi connectivity index (χ0n) is 15.2. The molecule has 0 amide bonds. The normalized spacial score (nSPS) is 21.2. The lowest BCUT2D eigenvalue weighted by molar-refractivity contribution is -0.527. The maximum Gasteiger partial charge on any atom is 0.306 e. The monoisotopic (exact) mass is 387 g/mol. The Hall–Kier alpha value is -2.54. The van der Waals surface area contributed by atoms with Gasteiger partial charge in [-0.2, -0.15) is 0 Å². The van der Waals surface area contributed by atoms with E-state index in [4.69, 9.17) is 9.47 Å². The van der Waals surface area contributed by atoms with Crippen LogP contribution in [0.5, 0.6) is 5.75 Å². The number of carbonyl (C=O) groups is 1. The fraction of sp³-hybridized carbons (Fsp3) is 0.350. The molecule has 27 heavy (non-hydrogen) atoms. The van der Waals surface area contributed by atoms with Crippen LogP contribution < -0.4 is 4.74 Å². The van der Waals surface area contributed by atoms with Crippen LogP contribution in [0.1, 0.15) is 35.6 Å². The molecule has 6 nitrogen and oxygen atoms in total. The SMILES string of the molecule is CCOC(=O)C[C@@H]1c2cc(OC)ccc2S[C@H](c2ccccc2)[C@H]1[N+](=O)[O-]. The summed E-state index contributed by atoms with van der Waals surface area (Å²) in [6.45, 7) is 1.97. The van der Waals surface area contributed by atoms with Gasteiger partial charge in [0.05, 0.1) is 26.1 Å². The number of esters is 1. The standard InChI is InChI=1S/C20H21NO5S/c1-3-26-18(22)12-16-15-11-14(25-2)9-10-17(15)27-20(19(16)21(23)24)13-7-5-4-6-8-13/h4-11,16,19-20H,3,12H2,1-2H3/t16-,19+,20-/m1/s1. The van der Waals surface area contributed by atoms with Crippen LogP contribution in [0, 0.1) is 10.1 Å². The topological polar surface area (TPSA) is 78.7 Å². The number of methoxy groups -OCH3 is 1. The Morgan fingerprint density at radius 2 is 1.96 bits per heavy atom. The molecule has 2 aromatic carbocycles. The molecule has 1 aliphatic rings. The lowest BCUT2D eigenvalue weighted by Gasteiger charge is -2.33. The van der Waals surface area contributed by atoms with Gasteiger partial charge in [-0.05, 0) is 36.2 Å². The third kappa shape index (κ3) is 4.08. The van der Waals surface area contributed by atoms with Crippen molar-refractivity contribution in [3.8, 4) is 5.75 Å². The molecule has 1 heterocycles. The third-order valence-corrected chi connectivity index (χ3v) is 6.09. The highest BCUT2D eigenvalue weighted by molar-refractivity contribution is 7.99. The Morgan fingerprint density at radius 1 is 1.22 bits per heavy atom. The van der Waals surface area contributed by atoms with Crippen molar-refractivity contribution < 1.29 is 19.2 Å². The minimum atomic E-state index is -0.943. The predicted octanol–water partition coefficient (Wildman–Crippen LogP) is 4.22. The average Bonchev–Trinajstić information content (AvgIpc) is 2.68. The van der Waals surface area contributed by atoms with Gasteiger partial charge in [-0.1, -0.05) is 30.3 Å². The zero-order chi connectivity index (χ0) is 19.4. The van der Waals surface area contributed by atoms with Gasteiger partial charge in [0.15, 0.2) is 0 Å². The molecule has 7 heteroatoms. The van der Waals surface area contributed by atoms with Crippen LogP contribution in [-0.2, 0) is 9.53 Å². The molecule has 0 spiro atoms. The summed E-state index contributed by atoms with van der Waals surface area (Å²) in [5, 5.41) is 11.7. The Morgan fingerprint density at radius 3 is 2.59 bits per heavy atom. The number of nitrogens with zero attached hydrogens (tertiary/aromatic N) is 1. The van der Waals surface area contributed by atoms with E-state index >= 15 is 0 Å². The smallest absolute Gasteiger partial charge is 0.306 e. The van der Waals surface area contributed by atoms with Crippen LogP contribution in [0.4, 0.5) is 0 Å². The first kappa shape index (κ1) is 19.2. The molecular formula is C20H21NO5S. The predicted molar refractivity (Wildman–Crippen MR) is 103 cm³/mol. The molecule has 0 aromatic heterocycles. The van der Waals surface area contributed by atoms with Gasteiger partial charge >= 0.3 is 5.97 Å². The van der Waals surface area contributed by atoms with E-state index in [0.29, 0.717) is 5.75 Å². The van der Waals surface area contributed by atoms with E-state index in [1.807, 2.05) is 42.5 Å². The summed E-state index contributed by atoms with van der Waals surface area (Å²) in [7, 11) is 1.55. The molecule has 0 aliphatic carbocycles. The number of nitro groups is 1. The van der Waals surface area contributed by atoms with Crippen LogP contribution in [0.3, 0.4) is 0 Å². The quantitative estimate of drug-likeness (QED) is 0.419. The summed E-state index contributed by atoms with van der Waals surface area (Å²) >= 11 is 1.46. The van der Waals surface area contributed by atoms with E-state index in [1.165, 1.54) is 11.8 Å². The molecule has 1 aliphatic heterocycles. The van der Waals surface area contributed by atoms with Crippen molar-refractivity contribution in [2.45, 2.75) is 35.4 Å². The first-order valence-corrected chi connectivity index (χ1v) is 9.61. The number of ether oxygens (including phenoxy) is 2. The van der Waals surface area contributed by atoms with Crippen LogP contribution in [0.15, 0.2) is 53.4 Å². The van der Waals surface area contributed by atoms with Gasteiger partial charge in [-0.25, -0.2) is 0 Å². The zero-order valence-corrected chi connectivity index (χ0v) is 16.0. The largest absolute Gasteiger partial charge is 0.497 e. The number of benzene rings is 2. The van der Waals surface area contributed by atoms with Crippen molar-refractivity contribution in [3.63, 3.8) is 0 Å². The fourth-order valence-electron chi connectivity index (χ4n) is 3.45. The number of rotatable bonds is 6.